The molecule has 1 aromatic carbocycles. The molecule has 0 aliphatic carbocycles. The Morgan fingerprint density at radius 2 is 1.95 bits per heavy atom. The van der Waals surface area contributed by atoms with Crippen LogP contribution in [0.1, 0.15) is 37.2 Å². The van der Waals surface area contributed by atoms with Crippen LogP contribution >= 0.6 is 23.2 Å². The summed E-state index contributed by atoms with van der Waals surface area (Å²) in [5, 5.41) is 11.8. The van der Waals surface area contributed by atoms with Crippen molar-refractivity contribution < 1.29 is 5.11 Å². The van der Waals surface area contributed by atoms with Gasteiger partial charge < -0.3 is 5.11 Å². The van der Waals surface area contributed by atoms with Crippen molar-refractivity contribution in [3.63, 3.8) is 0 Å². The van der Waals surface area contributed by atoms with Crippen LogP contribution in [0.5, 0.6) is 0 Å². The maximum Gasteiger partial charge on any atom is 0.0601 e. The number of piperidine rings is 2. The smallest absolute Gasteiger partial charge is 0.0601 e. The Morgan fingerprint density at radius 3 is 2.75 bits per heavy atom. The molecule has 3 heterocycles. The number of hydrogen-bond acceptors (Lipinski definition) is 2. The molecular weight excluding hydrogens is 293 g/mol. The molecule has 108 valence electrons. The van der Waals surface area contributed by atoms with E-state index < -0.39 is 0 Å². The molecule has 3 aliphatic heterocycles. The molecular formula is C16H19Cl2NO. The molecule has 4 heteroatoms. The van der Waals surface area contributed by atoms with Gasteiger partial charge in [0.1, 0.15) is 0 Å². The van der Waals surface area contributed by atoms with Crippen LogP contribution in [0.4, 0.5) is 0 Å². The fraction of sp³-hybridized carbons (Fsp3) is 0.625. The largest absolute Gasteiger partial charge is 0.393 e. The minimum absolute atomic E-state index is 0.172. The van der Waals surface area contributed by atoms with Gasteiger partial charge in [-0.1, -0.05) is 29.3 Å². The van der Waals surface area contributed by atoms with E-state index in [9.17, 15) is 5.11 Å². The lowest BCUT2D eigenvalue weighted by Crippen LogP contribution is -2.56. The third kappa shape index (κ3) is 1.93. The number of aliphatic hydroxyl groups excluding tert-OH is 1. The van der Waals surface area contributed by atoms with E-state index in [1.807, 2.05) is 12.1 Å². The van der Waals surface area contributed by atoms with Crippen molar-refractivity contribution >= 4 is 23.2 Å². The zero-order chi connectivity index (χ0) is 13.9. The van der Waals surface area contributed by atoms with Crippen LogP contribution in [0, 0.1) is 5.92 Å². The van der Waals surface area contributed by atoms with Gasteiger partial charge in [-0.25, -0.2) is 0 Å². The third-order valence-electron chi connectivity index (χ3n) is 5.62. The lowest BCUT2D eigenvalue weighted by molar-refractivity contribution is -0.0542. The molecule has 3 fully saturated rings. The van der Waals surface area contributed by atoms with Crippen LogP contribution in [0.3, 0.4) is 0 Å². The molecule has 3 aliphatic rings. The fourth-order valence-electron chi connectivity index (χ4n) is 4.80. The molecule has 0 aromatic heterocycles. The van der Waals surface area contributed by atoms with Crippen LogP contribution in [-0.2, 0) is 0 Å². The third-order valence-corrected chi connectivity index (χ3v) is 6.36. The van der Waals surface area contributed by atoms with Gasteiger partial charge in [0.25, 0.3) is 0 Å². The van der Waals surface area contributed by atoms with Gasteiger partial charge in [-0.3, -0.25) is 4.90 Å². The molecule has 1 N–H and O–H groups in total. The summed E-state index contributed by atoms with van der Waals surface area (Å²) in [4.78, 5) is 2.64. The molecule has 2 nitrogen and oxygen atoms in total. The van der Waals surface area contributed by atoms with E-state index >= 15 is 0 Å². The van der Waals surface area contributed by atoms with E-state index in [1.54, 1.807) is 0 Å². The van der Waals surface area contributed by atoms with Crippen molar-refractivity contribution in [2.45, 2.75) is 49.8 Å². The number of aliphatic hydroxyl groups is 1. The van der Waals surface area contributed by atoms with Crippen molar-refractivity contribution in [2.24, 2.45) is 5.92 Å². The van der Waals surface area contributed by atoms with E-state index in [4.69, 9.17) is 23.2 Å². The van der Waals surface area contributed by atoms with E-state index in [-0.39, 0.29) is 6.10 Å². The summed E-state index contributed by atoms with van der Waals surface area (Å²) in [7, 11) is 0. The SMILES string of the molecule is O[C@@H]1CCN2[C@H]3CC[C@@H]2[C@H]1[C@@H](c1ccc(Cl)c(Cl)c1)C3. The first-order valence-electron chi connectivity index (χ1n) is 7.54. The lowest BCUT2D eigenvalue weighted by atomic mass is 9.70. The van der Waals surface area contributed by atoms with Crippen molar-refractivity contribution in [3.05, 3.63) is 33.8 Å². The van der Waals surface area contributed by atoms with Crippen molar-refractivity contribution in [3.8, 4) is 0 Å². The molecule has 0 spiro atoms. The highest BCUT2D eigenvalue weighted by Crippen LogP contribution is 2.51. The average molecular weight is 312 g/mol. The Kier molecular flexibility index (Phi) is 3.26. The van der Waals surface area contributed by atoms with Gasteiger partial charge >= 0.3 is 0 Å². The van der Waals surface area contributed by atoms with Gasteiger partial charge in [0.15, 0.2) is 0 Å². The number of hydrogen-bond donors (Lipinski definition) is 1. The van der Waals surface area contributed by atoms with Crippen molar-refractivity contribution in [1.82, 2.24) is 4.90 Å². The maximum atomic E-state index is 10.5. The Bertz CT molecular complexity index is 535. The molecule has 4 bridgehead atoms. The summed E-state index contributed by atoms with van der Waals surface area (Å²) in [6, 6.07) is 7.25. The van der Waals surface area contributed by atoms with Crippen molar-refractivity contribution in [2.75, 3.05) is 6.54 Å². The summed E-state index contributed by atoms with van der Waals surface area (Å²) in [6.45, 7) is 1.07. The topological polar surface area (TPSA) is 23.5 Å². The molecule has 6 atom stereocenters. The predicted molar refractivity (Wildman–Crippen MR) is 81.4 cm³/mol. The Labute approximate surface area is 129 Å². The number of halogens is 2. The van der Waals surface area contributed by atoms with E-state index in [0.29, 0.717) is 34.0 Å². The quantitative estimate of drug-likeness (QED) is 0.855. The Hall–Kier alpha value is -0.280. The molecule has 3 saturated heterocycles. The van der Waals surface area contributed by atoms with E-state index in [1.165, 1.54) is 18.4 Å². The van der Waals surface area contributed by atoms with Crippen LogP contribution in [0.25, 0.3) is 0 Å². The van der Waals surface area contributed by atoms with Crippen LogP contribution in [-0.4, -0.2) is 34.7 Å². The Balaban J connectivity index is 1.72. The molecule has 4 rings (SSSR count). The van der Waals surface area contributed by atoms with Gasteiger partial charge in [0.05, 0.1) is 16.1 Å². The van der Waals surface area contributed by atoms with Crippen molar-refractivity contribution in [1.29, 1.82) is 0 Å². The summed E-state index contributed by atoms with van der Waals surface area (Å²) < 4.78 is 0. The zero-order valence-electron chi connectivity index (χ0n) is 11.3. The minimum atomic E-state index is -0.172. The molecule has 20 heavy (non-hydrogen) atoms. The lowest BCUT2D eigenvalue weighted by Gasteiger charge is -2.50. The van der Waals surface area contributed by atoms with E-state index in [2.05, 4.69) is 11.0 Å². The van der Waals surface area contributed by atoms with Gasteiger partial charge in [-0.15, -0.1) is 0 Å². The summed E-state index contributed by atoms with van der Waals surface area (Å²) in [6.07, 6.45) is 4.41. The van der Waals surface area contributed by atoms with Gasteiger partial charge in [-0.2, -0.15) is 0 Å². The van der Waals surface area contributed by atoms with Crippen LogP contribution in [0.2, 0.25) is 10.0 Å². The standard InChI is InChI=1S/C16H19Cl2NO/c17-12-3-1-9(7-13(12)18)11-8-10-2-4-14-16(11)15(20)5-6-19(10)14/h1,3,7,10-11,14-16,20H,2,4-6,8H2/t10-,11+,14+,15+,16+/m0/s1. The molecule has 1 aromatic rings. The second-order valence-electron chi connectivity index (χ2n) is 6.49. The van der Waals surface area contributed by atoms with E-state index in [0.717, 1.165) is 19.4 Å². The summed E-state index contributed by atoms with van der Waals surface area (Å²) >= 11 is 12.2. The molecule has 0 radical (unpaired) electrons. The monoisotopic (exact) mass is 311 g/mol. The first-order valence-corrected chi connectivity index (χ1v) is 8.29. The van der Waals surface area contributed by atoms with Crippen LogP contribution in [0.15, 0.2) is 18.2 Å². The predicted octanol–water partition coefficient (Wildman–Crippen LogP) is 3.69. The Morgan fingerprint density at radius 1 is 1.10 bits per heavy atom. The highest BCUT2D eigenvalue weighted by molar-refractivity contribution is 6.42. The first-order chi connectivity index (χ1) is 9.65. The minimum Gasteiger partial charge on any atom is -0.393 e. The normalized spacial score (nSPS) is 42.8. The van der Waals surface area contributed by atoms with Gasteiger partial charge in [0, 0.05) is 24.5 Å². The molecule has 1 unspecified atom stereocenters. The molecule has 0 amide bonds. The van der Waals surface area contributed by atoms with Crippen LogP contribution < -0.4 is 0 Å². The second kappa shape index (κ2) is 4.88. The zero-order valence-corrected chi connectivity index (χ0v) is 12.8. The summed E-state index contributed by atoms with van der Waals surface area (Å²) in [5.74, 6) is 0.786. The fourth-order valence-corrected chi connectivity index (χ4v) is 5.11. The highest BCUT2D eigenvalue weighted by Gasteiger charge is 2.52. The summed E-state index contributed by atoms with van der Waals surface area (Å²) in [5.41, 5.74) is 1.25. The molecule has 0 saturated carbocycles. The maximum absolute atomic E-state index is 10.5. The van der Waals surface area contributed by atoms with Gasteiger partial charge in [0.2, 0.25) is 0 Å². The number of benzene rings is 1. The average Bonchev–Trinajstić information content (AvgIpc) is 2.71. The first kappa shape index (κ1) is 13.4. The number of rotatable bonds is 1. The highest BCUT2D eigenvalue weighted by atomic mass is 35.5. The van der Waals surface area contributed by atoms with Gasteiger partial charge in [-0.05, 0) is 49.3 Å². The number of nitrogens with zero attached hydrogens (tertiary/aromatic N) is 1. The second-order valence-corrected chi connectivity index (χ2v) is 7.30.